The predicted molar refractivity (Wildman–Crippen MR) is 61.7 cm³/mol. The lowest BCUT2D eigenvalue weighted by atomic mass is 10.2. The van der Waals surface area contributed by atoms with Gasteiger partial charge < -0.3 is 5.11 Å². The second-order valence-corrected chi connectivity index (χ2v) is 4.68. The number of hydrogen-bond acceptors (Lipinski definition) is 2. The highest BCUT2D eigenvalue weighted by Gasteiger charge is 2.02. The fourth-order valence-corrected chi connectivity index (χ4v) is 2.42. The van der Waals surface area contributed by atoms with Crippen LogP contribution in [0.3, 0.4) is 0 Å². The van der Waals surface area contributed by atoms with Crippen LogP contribution in [0.15, 0.2) is 29.2 Å². The van der Waals surface area contributed by atoms with E-state index in [9.17, 15) is 5.11 Å². The molecule has 0 fully saturated rings. The minimum Gasteiger partial charge on any atom is -0.391 e. The van der Waals surface area contributed by atoms with E-state index in [-0.39, 0.29) is 6.10 Å². The molecule has 1 unspecified atom stereocenters. The molecule has 1 aromatic carbocycles. The summed E-state index contributed by atoms with van der Waals surface area (Å²) in [5, 5.41) is 9.97. The van der Waals surface area contributed by atoms with Crippen molar-refractivity contribution >= 4 is 27.7 Å². The third kappa shape index (κ3) is 4.16. The number of aliphatic hydroxyl groups is 1. The molecule has 0 aliphatic carbocycles. The molecule has 1 nitrogen and oxygen atoms in total. The van der Waals surface area contributed by atoms with Crippen LogP contribution in [0.1, 0.15) is 5.56 Å². The van der Waals surface area contributed by atoms with E-state index in [1.807, 2.05) is 6.07 Å². The first kappa shape index (κ1) is 11.1. The predicted octanol–water partition coefficient (Wildman–Crippen LogP) is 2.84. The summed E-state index contributed by atoms with van der Waals surface area (Å²) in [4.78, 5) is 1.22. The van der Waals surface area contributed by atoms with Gasteiger partial charge in [-0.1, -0.05) is 33.6 Å². The van der Waals surface area contributed by atoms with Crippen molar-refractivity contribution in [3.8, 4) is 0 Å². The molecule has 0 aliphatic rings. The van der Waals surface area contributed by atoms with Crippen molar-refractivity contribution in [3.63, 3.8) is 0 Å². The summed E-state index contributed by atoms with van der Waals surface area (Å²) in [6, 6.07) is 8.31. The molecule has 0 aliphatic heterocycles. The van der Waals surface area contributed by atoms with E-state index in [4.69, 9.17) is 0 Å². The van der Waals surface area contributed by atoms with Gasteiger partial charge in [0.25, 0.3) is 0 Å². The second kappa shape index (κ2) is 5.68. The van der Waals surface area contributed by atoms with Crippen molar-refractivity contribution in [2.45, 2.75) is 17.9 Å². The monoisotopic (exact) mass is 260 g/mol. The van der Waals surface area contributed by atoms with Crippen LogP contribution >= 0.6 is 27.7 Å². The zero-order valence-corrected chi connectivity index (χ0v) is 9.94. The van der Waals surface area contributed by atoms with Gasteiger partial charge in [0.05, 0.1) is 6.10 Å². The maximum atomic E-state index is 9.32. The van der Waals surface area contributed by atoms with Gasteiger partial charge in [0.15, 0.2) is 0 Å². The fourth-order valence-electron chi connectivity index (χ4n) is 0.942. The molecule has 13 heavy (non-hydrogen) atoms. The number of hydrogen-bond donors (Lipinski definition) is 1. The topological polar surface area (TPSA) is 20.2 Å². The van der Waals surface area contributed by atoms with Gasteiger partial charge in [-0.25, -0.2) is 0 Å². The third-order valence-electron chi connectivity index (χ3n) is 1.61. The fraction of sp³-hybridized carbons (Fsp3) is 0.400. The Hall–Kier alpha value is 0.01000. The summed E-state index contributed by atoms with van der Waals surface area (Å²) < 4.78 is 0. The molecule has 0 radical (unpaired) electrons. The smallest absolute Gasteiger partial charge is 0.0730 e. The van der Waals surface area contributed by atoms with Gasteiger partial charge in [0.1, 0.15) is 0 Å². The van der Waals surface area contributed by atoms with Crippen LogP contribution in [0.4, 0.5) is 0 Å². The molecule has 0 spiro atoms. The summed E-state index contributed by atoms with van der Waals surface area (Å²) in [5.41, 5.74) is 1.26. The molecular formula is C10H13BrOS. The first-order valence-electron chi connectivity index (χ1n) is 4.16. The zero-order chi connectivity index (χ0) is 9.68. The van der Waals surface area contributed by atoms with Crippen molar-refractivity contribution in [3.05, 3.63) is 29.8 Å². The van der Waals surface area contributed by atoms with Crippen LogP contribution in [-0.4, -0.2) is 22.3 Å². The Labute approximate surface area is 91.7 Å². The molecule has 0 amide bonds. The Bertz CT molecular complexity index is 265. The molecule has 1 rings (SSSR count). The second-order valence-electron chi connectivity index (χ2n) is 2.94. The van der Waals surface area contributed by atoms with Crippen molar-refractivity contribution in [1.82, 2.24) is 0 Å². The highest BCUT2D eigenvalue weighted by atomic mass is 79.9. The van der Waals surface area contributed by atoms with Crippen LogP contribution in [0.2, 0.25) is 0 Å². The summed E-state index contributed by atoms with van der Waals surface area (Å²) in [5.74, 6) is 0.745. The average Bonchev–Trinajstić information content (AvgIpc) is 2.14. The molecule has 3 heteroatoms. The van der Waals surface area contributed by atoms with Gasteiger partial charge in [-0.05, 0) is 19.1 Å². The molecular weight excluding hydrogens is 248 g/mol. The van der Waals surface area contributed by atoms with Crippen LogP contribution < -0.4 is 0 Å². The highest BCUT2D eigenvalue weighted by molar-refractivity contribution is 9.09. The van der Waals surface area contributed by atoms with Gasteiger partial charge in [-0.15, -0.1) is 11.8 Å². The summed E-state index contributed by atoms with van der Waals surface area (Å²) in [6.07, 6.45) is -0.259. The molecule has 0 aromatic heterocycles. The van der Waals surface area contributed by atoms with Crippen LogP contribution in [0.5, 0.6) is 0 Å². The van der Waals surface area contributed by atoms with E-state index in [0.29, 0.717) is 5.33 Å². The minimum atomic E-state index is -0.259. The van der Waals surface area contributed by atoms with E-state index >= 15 is 0 Å². The number of benzene rings is 1. The molecule has 1 atom stereocenters. The van der Waals surface area contributed by atoms with Gasteiger partial charge in [0, 0.05) is 16.0 Å². The largest absolute Gasteiger partial charge is 0.391 e. The van der Waals surface area contributed by atoms with E-state index < -0.39 is 0 Å². The van der Waals surface area contributed by atoms with E-state index in [0.717, 1.165) is 5.75 Å². The molecule has 0 saturated carbocycles. The van der Waals surface area contributed by atoms with Crippen LogP contribution in [-0.2, 0) is 0 Å². The molecule has 0 heterocycles. The Kier molecular flexibility index (Phi) is 4.84. The molecule has 1 aromatic rings. The first-order valence-corrected chi connectivity index (χ1v) is 6.26. The van der Waals surface area contributed by atoms with Crippen LogP contribution in [0.25, 0.3) is 0 Å². The number of aliphatic hydroxyl groups excluding tert-OH is 1. The number of rotatable bonds is 4. The molecule has 1 N–H and O–H groups in total. The highest BCUT2D eigenvalue weighted by Crippen LogP contribution is 2.19. The standard InChI is InChI=1S/C10H13BrOS/c1-8-3-2-4-10(5-8)13-7-9(12)6-11/h2-5,9,12H,6-7H2,1H3. The third-order valence-corrected chi connectivity index (χ3v) is 3.50. The Morgan fingerprint density at radius 2 is 2.31 bits per heavy atom. The molecule has 0 bridgehead atoms. The normalized spacial score (nSPS) is 12.8. The number of thioether (sulfide) groups is 1. The van der Waals surface area contributed by atoms with E-state index in [2.05, 4.69) is 41.1 Å². The van der Waals surface area contributed by atoms with Crippen molar-refractivity contribution < 1.29 is 5.11 Å². The average molecular weight is 261 g/mol. The van der Waals surface area contributed by atoms with Gasteiger partial charge in [-0.2, -0.15) is 0 Å². The van der Waals surface area contributed by atoms with Gasteiger partial charge in [-0.3, -0.25) is 0 Å². The Morgan fingerprint density at radius 3 is 2.92 bits per heavy atom. The maximum absolute atomic E-state index is 9.32. The van der Waals surface area contributed by atoms with Crippen molar-refractivity contribution in [2.75, 3.05) is 11.1 Å². The molecule has 0 saturated heterocycles. The lowest BCUT2D eigenvalue weighted by Crippen LogP contribution is -2.10. The van der Waals surface area contributed by atoms with Crippen molar-refractivity contribution in [1.29, 1.82) is 0 Å². The van der Waals surface area contributed by atoms with Crippen molar-refractivity contribution in [2.24, 2.45) is 0 Å². The first-order chi connectivity index (χ1) is 6.22. The Balaban J connectivity index is 2.45. The SMILES string of the molecule is Cc1cccc(SCC(O)CBr)c1. The van der Waals surface area contributed by atoms with Crippen LogP contribution in [0, 0.1) is 6.92 Å². The summed E-state index contributed by atoms with van der Waals surface area (Å²) in [6.45, 7) is 2.07. The van der Waals surface area contributed by atoms with Gasteiger partial charge >= 0.3 is 0 Å². The zero-order valence-electron chi connectivity index (χ0n) is 7.53. The van der Waals surface area contributed by atoms with E-state index in [1.54, 1.807) is 11.8 Å². The lowest BCUT2D eigenvalue weighted by Gasteiger charge is -2.06. The number of aryl methyl sites for hydroxylation is 1. The number of halogens is 1. The van der Waals surface area contributed by atoms with E-state index in [1.165, 1.54) is 10.5 Å². The number of alkyl halides is 1. The maximum Gasteiger partial charge on any atom is 0.0730 e. The quantitative estimate of drug-likeness (QED) is 0.664. The summed E-state index contributed by atoms with van der Waals surface area (Å²) in [7, 11) is 0. The molecule has 72 valence electrons. The summed E-state index contributed by atoms with van der Waals surface area (Å²) >= 11 is 4.93. The van der Waals surface area contributed by atoms with Gasteiger partial charge in [0.2, 0.25) is 0 Å². The lowest BCUT2D eigenvalue weighted by molar-refractivity contribution is 0.226. The minimum absolute atomic E-state index is 0.259. The Morgan fingerprint density at radius 1 is 1.54 bits per heavy atom.